The second kappa shape index (κ2) is 7.82. The molecule has 7 nitrogen and oxygen atoms in total. The molecule has 140 valence electrons. The fraction of sp³-hybridized carbons (Fsp3) is 0.200. The number of fused-ring (bicyclic) bond motifs is 1. The number of carbonyl (C=O) groups excluding carboxylic acids is 2. The zero-order valence-corrected chi connectivity index (χ0v) is 15.4. The molecule has 0 unspecified atom stereocenters. The Morgan fingerprint density at radius 3 is 2.52 bits per heavy atom. The van der Waals surface area contributed by atoms with E-state index in [9.17, 15) is 9.59 Å². The first-order valence-electron chi connectivity index (χ1n) is 8.37. The van der Waals surface area contributed by atoms with Gasteiger partial charge in [0.2, 0.25) is 5.91 Å². The predicted octanol–water partition coefficient (Wildman–Crippen LogP) is 2.56. The van der Waals surface area contributed by atoms with Crippen molar-refractivity contribution in [1.29, 1.82) is 0 Å². The summed E-state index contributed by atoms with van der Waals surface area (Å²) < 4.78 is 12.3. The van der Waals surface area contributed by atoms with Crippen LogP contribution < -0.4 is 20.1 Å². The Morgan fingerprint density at radius 2 is 1.78 bits per heavy atom. The van der Waals surface area contributed by atoms with Crippen LogP contribution in [0.2, 0.25) is 0 Å². The topological polar surface area (TPSA) is 81.6 Å². The molecule has 3 rings (SSSR count). The molecule has 0 spiro atoms. The molecule has 0 aliphatic heterocycles. The zero-order chi connectivity index (χ0) is 19.4. The number of hydrogen-bond acceptors (Lipinski definition) is 4. The number of aromatic nitrogens is 1. The molecule has 3 aromatic rings. The lowest BCUT2D eigenvalue weighted by Gasteiger charge is -2.10. The number of carbonyl (C=O) groups is 2. The van der Waals surface area contributed by atoms with Gasteiger partial charge in [-0.1, -0.05) is 6.07 Å². The van der Waals surface area contributed by atoms with Gasteiger partial charge in [0.15, 0.2) is 11.5 Å². The first-order valence-corrected chi connectivity index (χ1v) is 8.37. The molecular formula is C20H21N3O4. The summed E-state index contributed by atoms with van der Waals surface area (Å²) in [4.78, 5) is 24.4. The van der Waals surface area contributed by atoms with Crippen LogP contribution in [-0.4, -0.2) is 37.1 Å². The Hall–Kier alpha value is -3.48. The van der Waals surface area contributed by atoms with Crippen LogP contribution in [0.3, 0.4) is 0 Å². The lowest BCUT2D eigenvalue weighted by atomic mass is 10.2. The molecule has 1 heterocycles. The number of amides is 2. The van der Waals surface area contributed by atoms with Crippen LogP contribution in [0.5, 0.6) is 11.5 Å². The number of rotatable bonds is 6. The highest BCUT2D eigenvalue weighted by Gasteiger charge is 2.12. The van der Waals surface area contributed by atoms with Crippen molar-refractivity contribution in [2.24, 2.45) is 7.05 Å². The van der Waals surface area contributed by atoms with Crippen molar-refractivity contribution in [3.05, 3.63) is 54.2 Å². The van der Waals surface area contributed by atoms with Gasteiger partial charge in [-0.3, -0.25) is 9.59 Å². The number of methoxy groups -OCH3 is 2. The average Bonchev–Trinajstić information content (AvgIpc) is 3.06. The number of nitrogens with zero attached hydrogens (tertiary/aromatic N) is 1. The molecule has 27 heavy (non-hydrogen) atoms. The summed E-state index contributed by atoms with van der Waals surface area (Å²) in [5.41, 5.74) is 2.07. The van der Waals surface area contributed by atoms with Crippen molar-refractivity contribution in [2.75, 3.05) is 26.1 Å². The standard InChI is InChI=1S/C20H21N3O4/c1-23-9-8-13-4-6-15(11-16(13)23)22-19(24)12-21-20(25)14-5-7-17(26-2)18(10-14)27-3/h4-11H,12H2,1-3H3,(H,21,25)(H,22,24). The molecule has 2 amide bonds. The van der Waals surface area contributed by atoms with Crippen LogP contribution in [0.1, 0.15) is 10.4 Å². The molecule has 0 radical (unpaired) electrons. The Labute approximate surface area is 156 Å². The van der Waals surface area contributed by atoms with Crippen molar-refractivity contribution >= 4 is 28.4 Å². The minimum absolute atomic E-state index is 0.141. The molecular weight excluding hydrogens is 346 g/mol. The van der Waals surface area contributed by atoms with Crippen molar-refractivity contribution in [1.82, 2.24) is 9.88 Å². The monoisotopic (exact) mass is 367 g/mol. The van der Waals surface area contributed by atoms with Gasteiger partial charge in [0.05, 0.1) is 20.8 Å². The smallest absolute Gasteiger partial charge is 0.251 e. The van der Waals surface area contributed by atoms with Crippen LogP contribution >= 0.6 is 0 Å². The van der Waals surface area contributed by atoms with E-state index in [0.717, 1.165) is 10.9 Å². The van der Waals surface area contributed by atoms with Crippen molar-refractivity contribution < 1.29 is 19.1 Å². The Kier molecular flexibility index (Phi) is 5.30. The second-order valence-electron chi connectivity index (χ2n) is 6.00. The second-order valence-corrected chi connectivity index (χ2v) is 6.00. The molecule has 0 atom stereocenters. The number of anilines is 1. The molecule has 0 aliphatic rings. The number of ether oxygens (including phenoxy) is 2. The molecule has 2 N–H and O–H groups in total. The molecule has 1 aromatic heterocycles. The number of nitrogens with one attached hydrogen (secondary N) is 2. The van der Waals surface area contributed by atoms with E-state index in [-0.39, 0.29) is 18.4 Å². The van der Waals surface area contributed by atoms with Gasteiger partial charge in [-0.25, -0.2) is 0 Å². The van der Waals surface area contributed by atoms with Crippen LogP contribution in [0.25, 0.3) is 10.9 Å². The van der Waals surface area contributed by atoms with E-state index in [1.165, 1.54) is 14.2 Å². The quantitative estimate of drug-likeness (QED) is 0.702. The normalized spacial score (nSPS) is 10.5. The maximum atomic E-state index is 12.3. The van der Waals surface area contributed by atoms with E-state index in [4.69, 9.17) is 9.47 Å². The fourth-order valence-corrected chi connectivity index (χ4v) is 2.79. The number of benzene rings is 2. The molecule has 0 fully saturated rings. The van der Waals surface area contributed by atoms with Crippen molar-refractivity contribution in [3.63, 3.8) is 0 Å². The van der Waals surface area contributed by atoms with Gasteiger partial charge in [-0.05, 0) is 41.8 Å². The zero-order valence-electron chi connectivity index (χ0n) is 15.4. The largest absolute Gasteiger partial charge is 0.493 e. The maximum Gasteiger partial charge on any atom is 0.251 e. The molecule has 2 aromatic carbocycles. The molecule has 0 aliphatic carbocycles. The third kappa shape index (κ3) is 4.03. The van der Waals surface area contributed by atoms with Crippen LogP contribution in [0.15, 0.2) is 48.7 Å². The highest BCUT2D eigenvalue weighted by Crippen LogP contribution is 2.27. The summed E-state index contributed by atoms with van der Waals surface area (Å²) in [5.74, 6) is 0.301. The molecule has 0 bridgehead atoms. The summed E-state index contributed by atoms with van der Waals surface area (Å²) in [6.45, 7) is -0.141. The van der Waals surface area contributed by atoms with E-state index in [1.54, 1.807) is 18.2 Å². The molecule has 0 saturated heterocycles. The highest BCUT2D eigenvalue weighted by molar-refractivity contribution is 6.00. The van der Waals surface area contributed by atoms with Crippen molar-refractivity contribution in [2.45, 2.75) is 0 Å². The van der Waals surface area contributed by atoms with Crippen molar-refractivity contribution in [3.8, 4) is 11.5 Å². The van der Waals surface area contributed by atoms with Gasteiger partial charge in [0, 0.05) is 30.0 Å². The van der Waals surface area contributed by atoms with Crippen LogP contribution in [0, 0.1) is 0 Å². The number of hydrogen-bond donors (Lipinski definition) is 2. The summed E-state index contributed by atoms with van der Waals surface area (Å²) in [6, 6.07) is 12.5. The Balaban J connectivity index is 1.61. The maximum absolute atomic E-state index is 12.3. The Morgan fingerprint density at radius 1 is 1.00 bits per heavy atom. The van der Waals surface area contributed by atoms with E-state index >= 15 is 0 Å². The third-order valence-electron chi connectivity index (χ3n) is 4.23. The summed E-state index contributed by atoms with van der Waals surface area (Å²) >= 11 is 0. The van der Waals surface area contributed by atoms with Gasteiger partial charge in [-0.15, -0.1) is 0 Å². The van der Waals surface area contributed by atoms with Crippen LogP contribution in [-0.2, 0) is 11.8 Å². The molecule has 7 heteroatoms. The van der Waals surface area contributed by atoms with E-state index < -0.39 is 0 Å². The molecule has 0 saturated carbocycles. The minimum atomic E-state index is -0.371. The summed E-state index contributed by atoms with van der Waals surface area (Å²) in [7, 11) is 4.96. The van der Waals surface area contributed by atoms with E-state index in [2.05, 4.69) is 10.6 Å². The number of aryl methyl sites for hydroxylation is 1. The highest BCUT2D eigenvalue weighted by atomic mass is 16.5. The van der Waals surface area contributed by atoms with Gasteiger partial charge >= 0.3 is 0 Å². The average molecular weight is 367 g/mol. The van der Waals surface area contributed by atoms with E-state index in [1.807, 2.05) is 42.1 Å². The SMILES string of the molecule is COc1ccc(C(=O)NCC(=O)Nc2ccc3ccn(C)c3c2)cc1OC. The van der Waals surface area contributed by atoms with Gasteiger partial charge in [0.1, 0.15) is 0 Å². The van der Waals surface area contributed by atoms with Crippen LogP contribution in [0.4, 0.5) is 5.69 Å². The fourth-order valence-electron chi connectivity index (χ4n) is 2.79. The predicted molar refractivity (Wildman–Crippen MR) is 103 cm³/mol. The van der Waals surface area contributed by atoms with E-state index in [0.29, 0.717) is 22.7 Å². The van der Waals surface area contributed by atoms with Gasteiger partial charge in [0.25, 0.3) is 5.91 Å². The Bertz CT molecular complexity index is 994. The minimum Gasteiger partial charge on any atom is -0.493 e. The third-order valence-corrected chi connectivity index (χ3v) is 4.23. The first kappa shape index (κ1) is 18.3. The summed E-state index contributed by atoms with van der Waals surface area (Å²) in [5, 5.41) is 6.48. The van der Waals surface area contributed by atoms with Gasteiger partial charge in [-0.2, -0.15) is 0 Å². The lowest BCUT2D eigenvalue weighted by molar-refractivity contribution is -0.115. The summed E-state index contributed by atoms with van der Waals surface area (Å²) in [6.07, 6.45) is 1.96. The lowest BCUT2D eigenvalue weighted by Crippen LogP contribution is -2.32. The van der Waals surface area contributed by atoms with Gasteiger partial charge < -0.3 is 24.7 Å². The first-order chi connectivity index (χ1) is 13.0.